The van der Waals surface area contributed by atoms with E-state index >= 15 is 0 Å². The van der Waals surface area contributed by atoms with E-state index in [2.05, 4.69) is 11.2 Å². The molecule has 0 aromatic carbocycles. The van der Waals surface area contributed by atoms with Crippen LogP contribution < -0.4 is 5.32 Å². The van der Waals surface area contributed by atoms with Gasteiger partial charge in [0.15, 0.2) is 0 Å². The van der Waals surface area contributed by atoms with E-state index in [1.165, 1.54) is 12.8 Å². The van der Waals surface area contributed by atoms with Crippen LogP contribution in [-0.2, 0) is 4.74 Å². The largest absolute Gasteiger partial charge is 0.366 e. The third-order valence-corrected chi connectivity index (χ3v) is 2.48. The zero-order chi connectivity index (χ0) is 8.81. The Labute approximate surface area is 74.7 Å². The van der Waals surface area contributed by atoms with Crippen molar-refractivity contribution in [3.8, 4) is 12.3 Å². The van der Waals surface area contributed by atoms with E-state index < -0.39 is 0 Å². The lowest BCUT2D eigenvalue weighted by molar-refractivity contribution is 0.0433. The fourth-order valence-electron chi connectivity index (χ4n) is 1.68. The molecule has 0 aromatic rings. The maximum absolute atomic E-state index is 5.46. The van der Waals surface area contributed by atoms with Crippen molar-refractivity contribution in [2.24, 2.45) is 0 Å². The minimum absolute atomic E-state index is 0.408. The number of rotatable bonds is 3. The second kappa shape index (κ2) is 5.18. The molecule has 1 saturated carbocycles. The summed E-state index contributed by atoms with van der Waals surface area (Å²) in [4.78, 5) is 0. The summed E-state index contributed by atoms with van der Waals surface area (Å²) in [5, 5.41) is 3.28. The lowest BCUT2D eigenvalue weighted by Gasteiger charge is -2.27. The van der Waals surface area contributed by atoms with Crippen molar-refractivity contribution in [2.75, 3.05) is 13.7 Å². The lowest BCUT2D eigenvalue weighted by Crippen LogP contribution is -2.33. The maximum Gasteiger partial charge on any atom is 0.107 e. The van der Waals surface area contributed by atoms with Crippen molar-refractivity contribution in [3.63, 3.8) is 0 Å². The molecule has 0 heterocycles. The van der Waals surface area contributed by atoms with Crippen LogP contribution in [-0.4, -0.2) is 25.8 Å². The fourth-order valence-corrected chi connectivity index (χ4v) is 1.68. The highest BCUT2D eigenvalue weighted by atomic mass is 16.5. The van der Waals surface area contributed by atoms with Crippen LogP contribution in [0.3, 0.4) is 0 Å². The summed E-state index contributed by atoms with van der Waals surface area (Å²) >= 11 is 0. The third-order valence-electron chi connectivity index (χ3n) is 2.48. The van der Waals surface area contributed by atoms with Crippen molar-refractivity contribution >= 4 is 0 Å². The zero-order valence-electron chi connectivity index (χ0n) is 7.68. The predicted molar refractivity (Wildman–Crippen MR) is 49.9 cm³/mol. The van der Waals surface area contributed by atoms with Crippen molar-refractivity contribution in [3.05, 3.63) is 0 Å². The van der Waals surface area contributed by atoms with Gasteiger partial charge in [-0.05, 0) is 32.7 Å². The first-order valence-electron chi connectivity index (χ1n) is 4.59. The molecule has 0 aliphatic heterocycles. The molecule has 0 amide bonds. The number of hydrogen-bond donors (Lipinski definition) is 1. The van der Waals surface area contributed by atoms with Gasteiger partial charge in [-0.3, -0.25) is 0 Å². The summed E-state index contributed by atoms with van der Waals surface area (Å²) in [6.07, 6.45) is 10.2. The molecular weight excluding hydrogens is 150 g/mol. The molecule has 0 saturated heterocycles. The van der Waals surface area contributed by atoms with Crippen LogP contribution in [0.25, 0.3) is 0 Å². The Morgan fingerprint density at radius 1 is 1.42 bits per heavy atom. The van der Waals surface area contributed by atoms with E-state index in [9.17, 15) is 0 Å². The van der Waals surface area contributed by atoms with Gasteiger partial charge in [-0.1, -0.05) is 5.92 Å². The topological polar surface area (TPSA) is 21.3 Å². The minimum atomic E-state index is 0.408. The Balaban J connectivity index is 2.14. The number of ether oxygens (including phenoxy) is 1. The van der Waals surface area contributed by atoms with Crippen LogP contribution in [0.1, 0.15) is 25.7 Å². The van der Waals surface area contributed by atoms with E-state index in [1.54, 1.807) is 0 Å². The number of terminal acetylenes is 1. The minimum Gasteiger partial charge on any atom is -0.366 e. The first kappa shape index (κ1) is 9.57. The fraction of sp³-hybridized carbons (Fsp3) is 0.800. The molecule has 0 unspecified atom stereocenters. The SMILES string of the molecule is C#CCOC1CCC(NC)CC1. The lowest BCUT2D eigenvalue weighted by atomic mass is 9.93. The quantitative estimate of drug-likeness (QED) is 0.637. The molecule has 0 aromatic heterocycles. The molecule has 1 fully saturated rings. The Hall–Kier alpha value is -0.520. The molecule has 68 valence electrons. The first-order valence-corrected chi connectivity index (χ1v) is 4.59. The zero-order valence-corrected chi connectivity index (χ0v) is 7.68. The average molecular weight is 167 g/mol. The van der Waals surface area contributed by atoms with Crippen LogP contribution in [0.15, 0.2) is 0 Å². The van der Waals surface area contributed by atoms with E-state index in [4.69, 9.17) is 11.2 Å². The molecule has 2 heteroatoms. The predicted octanol–water partition coefficient (Wildman–Crippen LogP) is 1.17. The van der Waals surface area contributed by atoms with Crippen LogP contribution in [0.2, 0.25) is 0 Å². The normalized spacial score (nSPS) is 29.7. The van der Waals surface area contributed by atoms with Gasteiger partial charge >= 0.3 is 0 Å². The maximum atomic E-state index is 5.46. The van der Waals surface area contributed by atoms with E-state index in [-0.39, 0.29) is 0 Å². The van der Waals surface area contributed by atoms with Crippen LogP contribution >= 0.6 is 0 Å². The Kier molecular flexibility index (Phi) is 4.13. The third kappa shape index (κ3) is 2.84. The Morgan fingerprint density at radius 3 is 2.58 bits per heavy atom. The number of nitrogens with one attached hydrogen (secondary N) is 1. The molecule has 1 aliphatic rings. The summed E-state index contributed by atoms with van der Waals surface area (Å²) in [6.45, 7) is 0.467. The van der Waals surface area contributed by atoms with Gasteiger partial charge in [0.05, 0.1) is 6.10 Å². The van der Waals surface area contributed by atoms with Crippen LogP contribution in [0, 0.1) is 12.3 Å². The van der Waals surface area contributed by atoms with Crippen LogP contribution in [0.4, 0.5) is 0 Å². The Morgan fingerprint density at radius 2 is 2.08 bits per heavy atom. The van der Waals surface area contributed by atoms with Crippen molar-refractivity contribution in [1.29, 1.82) is 0 Å². The summed E-state index contributed by atoms with van der Waals surface area (Å²) in [7, 11) is 2.02. The molecule has 0 bridgehead atoms. The van der Waals surface area contributed by atoms with Gasteiger partial charge in [0.1, 0.15) is 6.61 Å². The molecule has 0 spiro atoms. The smallest absolute Gasteiger partial charge is 0.107 e. The molecule has 0 radical (unpaired) electrons. The van der Waals surface area contributed by atoms with Gasteiger partial charge in [0.25, 0.3) is 0 Å². The van der Waals surface area contributed by atoms with E-state index in [1.807, 2.05) is 7.05 Å². The monoisotopic (exact) mass is 167 g/mol. The van der Waals surface area contributed by atoms with Crippen molar-refractivity contribution in [2.45, 2.75) is 37.8 Å². The summed E-state index contributed by atoms with van der Waals surface area (Å²) in [5.74, 6) is 2.50. The summed E-state index contributed by atoms with van der Waals surface area (Å²) < 4.78 is 5.46. The summed E-state index contributed by atoms with van der Waals surface area (Å²) in [5.41, 5.74) is 0. The average Bonchev–Trinajstić information content (AvgIpc) is 2.15. The van der Waals surface area contributed by atoms with Crippen molar-refractivity contribution < 1.29 is 4.74 Å². The second-order valence-corrected chi connectivity index (χ2v) is 3.28. The molecule has 2 nitrogen and oxygen atoms in total. The highest BCUT2D eigenvalue weighted by Gasteiger charge is 2.19. The molecule has 0 atom stereocenters. The van der Waals surface area contributed by atoms with Gasteiger partial charge in [-0.2, -0.15) is 0 Å². The molecule has 1 aliphatic carbocycles. The second-order valence-electron chi connectivity index (χ2n) is 3.28. The standard InChI is InChI=1S/C10H17NO/c1-3-8-12-10-6-4-9(11-2)5-7-10/h1,9-11H,4-8H2,2H3. The molecule has 1 rings (SSSR count). The van der Waals surface area contributed by atoms with Gasteiger partial charge in [0, 0.05) is 6.04 Å². The highest BCUT2D eigenvalue weighted by molar-refractivity contribution is 4.84. The highest BCUT2D eigenvalue weighted by Crippen LogP contribution is 2.20. The van der Waals surface area contributed by atoms with Crippen LogP contribution in [0.5, 0.6) is 0 Å². The van der Waals surface area contributed by atoms with Gasteiger partial charge in [0.2, 0.25) is 0 Å². The first-order chi connectivity index (χ1) is 5.86. The van der Waals surface area contributed by atoms with E-state index in [0.717, 1.165) is 12.8 Å². The van der Waals surface area contributed by atoms with Gasteiger partial charge < -0.3 is 10.1 Å². The molecular formula is C10H17NO. The Bertz CT molecular complexity index is 154. The van der Waals surface area contributed by atoms with Gasteiger partial charge in [-0.25, -0.2) is 0 Å². The molecule has 12 heavy (non-hydrogen) atoms. The van der Waals surface area contributed by atoms with Crippen molar-refractivity contribution in [1.82, 2.24) is 5.32 Å². The molecule has 1 N–H and O–H groups in total. The van der Waals surface area contributed by atoms with E-state index in [0.29, 0.717) is 18.8 Å². The van der Waals surface area contributed by atoms with Gasteiger partial charge in [-0.15, -0.1) is 6.42 Å². The summed E-state index contributed by atoms with van der Waals surface area (Å²) in [6, 6.07) is 0.690. The number of hydrogen-bond acceptors (Lipinski definition) is 2.